The van der Waals surface area contributed by atoms with E-state index in [-0.39, 0.29) is 16.7 Å². The van der Waals surface area contributed by atoms with Crippen LogP contribution in [0.15, 0.2) is 24.3 Å². The Kier molecular flexibility index (Phi) is 2.93. The molecule has 2 saturated carbocycles. The molecule has 5 heteroatoms. The van der Waals surface area contributed by atoms with E-state index < -0.39 is 5.54 Å². The highest BCUT2D eigenvalue weighted by Gasteiger charge is 2.78. The summed E-state index contributed by atoms with van der Waals surface area (Å²) >= 11 is 5.88. The normalized spacial score (nSPS) is 41.0. The van der Waals surface area contributed by atoms with Crippen LogP contribution in [0.25, 0.3) is 0 Å². The van der Waals surface area contributed by atoms with Crippen LogP contribution in [0.1, 0.15) is 43.5 Å². The minimum atomic E-state index is -0.577. The largest absolute Gasteiger partial charge is 0.283 e. The summed E-state index contributed by atoms with van der Waals surface area (Å²) in [5.41, 5.74) is 3.04. The third kappa shape index (κ3) is 1.62. The van der Waals surface area contributed by atoms with Gasteiger partial charge in [0.05, 0.1) is 6.07 Å². The average molecular weight is 330 g/mol. The van der Waals surface area contributed by atoms with E-state index in [9.17, 15) is 10.1 Å². The first-order chi connectivity index (χ1) is 10.9. The molecule has 1 N–H and O–H groups in total. The molecule has 0 radical (unpaired) electrons. The molecule has 23 heavy (non-hydrogen) atoms. The topological polar surface area (TPSA) is 56.1 Å². The van der Waals surface area contributed by atoms with Crippen LogP contribution >= 0.6 is 11.6 Å². The number of carbonyl (C=O) groups excluding carboxylic acids is 1. The molecule has 1 amide bonds. The standard InChI is InChI=1S/C18H20ClN3O/c1-16-11-22(21-15(23)12-3-5-14(19)6-4-12)18(10-20)9-13(16)7-8-17(16,18)2/h3-6,13H,7-9,11H2,1-2H3,(H,21,23)/t13-,16+,17-,18-/m1/s1. The molecule has 0 unspecified atom stereocenters. The van der Waals surface area contributed by atoms with Gasteiger partial charge in [0.15, 0.2) is 0 Å². The summed E-state index contributed by atoms with van der Waals surface area (Å²) in [4.78, 5) is 12.6. The van der Waals surface area contributed by atoms with E-state index in [0.717, 1.165) is 19.4 Å². The second-order valence-electron chi connectivity index (χ2n) is 7.70. The number of hydrogen-bond donors (Lipinski definition) is 1. The number of halogens is 1. The molecule has 3 aliphatic rings. The second-order valence-corrected chi connectivity index (χ2v) is 8.13. The van der Waals surface area contributed by atoms with Gasteiger partial charge in [-0.3, -0.25) is 10.2 Å². The average Bonchev–Trinajstić information content (AvgIpc) is 2.96. The van der Waals surface area contributed by atoms with Crippen molar-refractivity contribution in [3.05, 3.63) is 34.9 Å². The van der Waals surface area contributed by atoms with Gasteiger partial charge in [0.25, 0.3) is 5.91 Å². The Bertz CT molecular complexity index is 727. The molecule has 1 aliphatic heterocycles. The zero-order chi connectivity index (χ0) is 16.5. The smallest absolute Gasteiger partial charge is 0.265 e. The Labute approximate surface area is 141 Å². The Morgan fingerprint density at radius 3 is 2.70 bits per heavy atom. The Morgan fingerprint density at radius 1 is 1.39 bits per heavy atom. The van der Waals surface area contributed by atoms with Crippen molar-refractivity contribution in [1.82, 2.24) is 10.4 Å². The van der Waals surface area contributed by atoms with E-state index in [1.807, 2.05) is 5.01 Å². The lowest BCUT2D eigenvalue weighted by atomic mass is 9.66. The number of carbonyl (C=O) groups is 1. The van der Waals surface area contributed by atoms with Gasteiger partial charge in [0.2, 0.25) is 0 Å². The fraction of sp³-hybridized carbons (Fsp3) is 0.556. The van der Waals surface area contributed by atoms with Crippen molar-refractivity contribution in [3.8, 4) is 6.07 Å². The number of amides is 1. The van der Waals surface area contributed by atoms with Crippen molar-refractivity contribution in [2.75, 3.05) is 6.54 Å². The number of nitriles is 1. The zero-order valence-corrected chi connectivity index (χ0v) is 14.2. The number of benzene rings is 1. The number of nitrogens with one attached hydrogen (secondary N) is 1. The molecule has 4 nitrogen and oxygen atoms in total. The van der Waals surface area contributed by atoms with Crippen molar-refractivity contribution < 1.29 is 4.79 Å². The van der Waals surface area contributed by atoms with Crippen LogP contribution in [-0.4, -0.2) is 23.0 Å². The van der Waals surface area contributed by atoms with Crippen molar-refractivity contribution >= 4 is 17.5 Å². The van der Waals surface area contributed by atoms with Gasteiger partial charge >= 0.3 is 0 Å². The van der Waals surface area contributed by atoms with E-state index in [2.05, 4.69) is 25.3 Å². The van der Waals surface area contributed by atoms with E-state index in [0.29, 0.717) is 16.5 Å². The molecule has 1 aromatic carbocycles. The van der Waals surface area contributed by atoms with Crippen molar-refractivity contribution in [3.63, 3.8) is 0 Å². The number of hydrazine groups is 1. The monoisotopic (exact) mass is 329 g/mol. The van der Waals surface area contributed by atoms with Gasteiger partial charge in [-0.25, -0.2) is 0 Å². The summed E-state index contributed by atoms with van der Waals surface area (Å²) in [6.07, 6.45) is 3.13. The first-order valence-electron chi connectivity index (χ1n) is 8.12. The van der Waals surface area contributed by atoms with Crippen LogP contribution in [0.3, 0.4) is 0 Å². The molecule has 1 aromatic rings. The van der Waals surface area contributed by atoms with Gasteiger partial charge in [0.1, 0.15) is 5.54 Å². The highest BCUT2D eigenvalue weighted by molar-refractivity contribution is 6.30. The van der Waals surface area contributed by atoms with Crippen LogP contribution in [0.4, 0.5) is 0 Å². The predicted molar refractivity (Wildman–Crippen MR) is 87.5 cm³/mol. The van der Waals surface area contributed by atoms with E-state index >= 15 is 0 Å². The molecule has 0 aromatic heterocycles. The highest BCUT2D eigenvalue weighted by atomic mass is 35.5. The summed E-state index contributed by atoms with van der Waals surface area (Å²) in [5.74, 6) is 0.419. The molecular weight excluding hydrogens is 310 g/mol. The van der Waals surface area contributed by atoms with Gasteiger partial charge in [-0.15, -0.1) is 0 Å². The number of hydrogen-bond acceptors (Lipinski definition) is 3. The zero-order valence-electron chi connectivity index (χ0n) is 13.4. The maximum absolute atomic E-state index is 12.6. The third-order valence-electron chi connectivity index (χ3n) is 7.08. The lowest BCUT2D eigenvalue weighted by molar-refractivity contribution is 0.0240. The highest BCUT2D eigenvalue weighted by Crippen LogP contribution is 2.75. The number of nitrogens with zero attached hydrogens (tertiary/aromatic N) is 2. The molecule has 120 valence electrons. The van der Waals surface area contributed by atoms with Crippen LogP contribution in [0.5, 0.6) is 0 Å². The molecule has 4 atom stereocenters. The summed E-state index contributed by atoms with van der Waals surface area (Å²) in [7, 11) is 0. The number of rotatable bonds is 2. The van der Waals surface area contributed by atoms with Crippen LogP contribution in [0, 0.1) is 28.1 Å². The van der Waals surface area contributed by atoms with Crippen LogP contribution in [0.2, 0.25) is 5.02 Å². The van der Waals surface area contributed by atoms with Gasteiger partial charge < -0.3 is 0 Å². The van der Waals surface area contributed by atoms with Crippen LogP contribution in [-0.2, 0) is 0 Å². The molecular formula is C18H20ClN3O. The van der Waals surface area contributed by atoms with E-state index in [1.54, 1.807) is 24.3 Å². The van der Waals surface area contributed by atoms with Gasteiger partial charge in [-0.05, 0) is 54.9 Å². The fourth-order valence-corrected chi connectivity index (χ4v) is 5.56. The molecule has 1 saturated heterocycles. The molecule has 4 rings (SSSR count). The SMILES string of the molecule is C[C@]12CC[C@@H]3C[C@]1(C#N)N(NC(=O)c1ccc(Cl)cc1)C[C@@]32C. The summed E-state index contributed by atoms with van der Waals surface area (Å²) in [6.45, 7) is 5.27. The van der Waals surface area contributed by atoms with E-state index in [1.165, 1.54) is 6.42 Å². The third-order valence-corrected chi connectivity index (χ3v) is 7.34. The maximum atomic E-state index is 12.6. The minimum absolute atomic E-state index is 0.0489. The van der Waals surface area contributed by atoms with Crippen molar-refractivity contribution in [1.29, 1.82) is 5.26 Å². The lowest BCUT2D eigenvalue weighted by Gasteiger charge is -2.42. The first-order valence-corrected chi connectivity index (χ1v) is 8.50. The number of piperidine rings is 1. The summed E-state index contributed by atoms with van der Waals surface area (Å²) in [5, 5.41) is 12.5. The maximum Gasteiger partial charge on any atom is 0.265 e. The Balaban J connectivity index is 1.63. The molecule has 1 heterocycles. The fourth-order valence-electron chi connectivity index (χ4n) is 5.43. The minimum Gasteiger partial charge on any atom is -0.283 e. The van der Waals surface area contributed by atoms with E-state index in [4.69, 9.17) is 11.6 Å². The lowest BCUT2D eigenvalue weighted by Crippen LogP contribution is -2.59. The van der Waals surface area contributed by atoms with Crippen molar-refractivity contribution in [2.45, 2.75) is 38.6 Å². The van der Waals surface area contributed by atoms with Crippen molar-refractivity contribution in [2.24, 2.45) is 16.7 Å². The Hall–Kier alpha value is -1.57. The molecule has 2 aliphatic carbocycles. The second kappa shape index (κ2) is 4.49. The molecule has 0 spiro atoms. The first kappa shape index (κ1) is 15.0. The summed E-state index contributed by atoms with van der Waals surface area (Å²) < 4.78 is 0. The van der Waals surface area contributed by atoms with Gasteiger partial charge in [0, 0.05) is 22.5 Å². The predicted octanol–water partition coefficient (Wildman–Crippen LogP) is 3.39. The molecule has 4 bridgehead atoms. The summed E-state index contributed by atoms with van der Waals surface area (Å²) in [6, 6.07) is 9.40. The Morgan fingerprint density at radius 2 is 2.09 bits per heavy atom. The van der Waals surface area contributed by atoms with Crippen LogP contribution < -0.4 is 5.43 Å². The quantitative estimate of drug-likeness (QED) is 0.904. The van der Waals surface area contributed by atoms with Gasteiger partial charge in [-0.2, -0.15) is 10.3 Å². The molecule has 3 fully saturated rings. The van der Waals surface area contributed by atoms with Gasteiger partial charge in [-0.1, -0.05) is 25.4 Å².